The molecular formula is C25H38N8O6S. The van der Waals surface area contributed by atoms with Crippen LogP contribution < -0.4 is 33.2 Å². The highest BCUT2D eigenvalue weighted by molar-refractivity contribution is 7.98. The second-order valence-corrected chi connectivity index (χ2v) is 10.1. The van der Waals surface area contributed by atoms with E-state index in [4.69, 9.17) is 17.2 Å². The van der Waals surface area contributed by atoms with Crippen molar-refractivity contribution in [1.29, 1.82) is 0 Å². The van der Waals surface area contributed by atoms with Crippen LogP contribution in [-0.2, 0) is 25.6 Å². The molecule has 0 spiro atoms. The van der Waals surface area contributed by atoms with Gasteiger partial charge < -0.3 is 48.3 Å². The molecule has 0 fully saturated rings. The van der Waals surface area contributed by atoms with Gasteiger partial charge in [-0.25, -0.2) is 4.79 Å². The summed E-state index contributed by atoms with van der Waals surface area (Å²) < 4.78 is 0. The van der Waals surface area contributed by atoms with E-state index in [2.05, 4.69) is 25.9 Å². The van der Waals surface area contributed by atoms with E-state index in [9.17, 15) is 29.4 Å². The average Bonchev–Trinajstić information content (AvgIpc) is 3.33. The third-order valence-corrected chi connectivity index (χ3v) is 6.72. The third-order valence-electron chi connectivity index (χ3n) is 6.08. The summed E-state index contributed by atoms with van der Waals surface area (Å²) in [6.45, 7) is -0.468. The molecule has 3 amide bonds. The fraction of sp³-hybridized carbons (Fsp3) is 0.480. The van der Waals surface area contributed by atoms with Crippen LogP contribution in [0.2, 0.25) is 0 Å². The lowest BCUT2D eigenvalue weighted by atomic mass is 10.0. The number of guanidine groups is 1. The third kappa shape index (κ3) is 10.1. The van der Waals surface area contributed by atoms with E-state index in [1.54, 1.807) is 6.20 Å². The SMILES string of the molecule is CSCCC(NC(=O)C(CO)NC(=O)C(N)CCCN=C(N)N)C(=O)NC(Cc1c[nH]c2ccccc12)C(=O)O. The second kappa shape index (κ2) is 16.3. The van der Waals surface area contributed by atoms with Crippen molar-refractivity contribution in [1.82, 2.24) is 20.9 Å². The number of fused-ring (bicyclic) bond motifs is 1. The average molecular weight is 579 g/mol. The van der Waals surface area contributed by atoms with E-state index in [-0.39, 0.29) is 31.8 Å². The first-order chi connectivity index (χ1) is 19.1. The number of amides is 3. The highest BCUT2D eigenvalue weighted by Gasteiger charge is 2.30. The Hall–Kier alpha value is -3.82. The van der Waals surface area contributed by atoms with E-state index in [1.165, 1.54) is 11.8 Å². The van der Waals surface area contributed by atoms with E-state index in [0.29, 0.717) is 17.7 Å². The Labute approximate surface area is 235 Å². The number of aromatic amines is 1. The van der Waals surface area contributed by atoms with Crippen LogP contribution in [0.25, 0.3) is 10.9 Å². The number of carboxylic acids is 1. The number of thioether (sulfide) groups is 1. The van der Waals surface area contributed by atoms with Gasteiger partial charge in [-0.05, 0) is 42.9 Å². The molecule has 0 radical (unpaired) electrons. The number of nitrogens with zero attached hydrogens (tertiary/aromatic N) is 1. The molecule has 1 aromatic carbocycles. The number of hydrogen-bond acceptors (Lipinski definition) is 8. The van der Waals surface area contributed by atoms with Crippen molar-refractivity contribution < 1.29 is 29.4 Å². The summed E-state index contributed by atoms with van der Waals surface area (Å²) in [6.07, 6.45) is 4.37. The predicted molar refractivity (Wildman–Crippen MR) is 153 cm³/mol. The molecule has 0 aliphatic rings. The number of aliphatic hydroxyl groups is 1. The summed E-state index contributed by atoms with van der Waals surface area (Å²) in [5, 5.41) is 27.8. The number of carbonyl (C=O) groups excluding carboxylic acids is 3. The van der Waals surface area contributed by atoms with Gasteiger partial charge in [-0.1, -0.05) is 18.2 Å². The summed E-state index contributed by atoms with van der Waals surface area (Å²) in [4.78, 5) is 57.3. The van der Waals surface area contributed by atoms with Crippen molar-refractivity contribution in [3.05, 3.63) is 36.0 Å². The zero-order valence-electron chi connectivity index (χ0n) is 22.3. The minimum Gasteiger partial charge on any atom is -0.480 e. The standard InChI is InChI=1S/C25H38N8O6S/c1-40-10-8-18(31-23(37)20(13-34)33-21(35)16(26)6-4-9-29-25(27)28)22(36)32-19(24(38)39)11-14-12-30-17-7-3-2-5-15(14)17/h2-3,5,7,12,16,18-20,30,34H,4,6,8-11,13,26H2,1H3,(H,31,37)(H,32,36)(H,33,35)(H,38,39)(H4,27,28,29). The number of carboxylic acid groups (broad SMARTS) is 1. The molecule has 2 rings (SSSR count). The number of hydrogen-bond donors (Lipinski definition) is 9. The fourth-order valence-corrected chi connectivity index (χ4v) is 4.36. The Morgan fingerprint density at radius 1 is 1.00 bits per heavy atom. The molecule has 0 saturated carbocycles. The van der Waals surface area contributed by atoms with Gasteiger partial charge in [0, 0.05) is 30.1 Å². The van der Waals surface area contributed by atoms with Crippen molar-refractivity contribution in [3.8, 4) is 0 Å². The Morgan fingerprint density at radius 2 is 1.65 bits per heavy atom. The van der Waals surface area contributed by atoms with Crippen molar-refractivity contribution in [2.24, 2.45) is 22.2 Å². The molecule has 4 unspecified atom stereocenters. The first-order valence-corrected chi connectivity index (χ1v) is 14.1. The largest absolute Gasteiger partial charge is 0.480 e. The molecule has 14 nitrogen and oxygen atoms in total. The molecule has 1 aromatic heterocycles. The number of aromatic nitrogens is 1. The van der Waals surface area contributed by atoms with Crippen LogP contribution in [0.5, 0.6) is 0 Å². The van der Waals surface area contributed by atoms with E-state index < -0.39 is 54.5 Å². The number of nitrogens with two attached hydrogens (primary N) is 3. The minimum atomic E-state index is -1.37. The quantitative estimate of drug-likeness (QED) is 0.0589. The molecule has 220 valence electrons. The van der Waals surface area contributed by atoms with Crippen molar-refractivity contribution >= 4 is 52.3 Å². The molecule has 0 saturated heterocycles. The number of rotatable bonds is 17. The maximum atomic E-state index is 13.1. The van der Waals surface area contributed by atoms with Crippen LogP contribution in [0, 0.1) is 0 Å². The molecule has 0 aliphatic carbocycles. The molecule has 4 atom stereocenters. The summed E-state index contributed by atoms with van der Waals surface area (Å²) in [5.41, 5.74) is 17.9. The molecule has 15 heteroatoms. The van der Waals surface area contributed by atoms with Crippen LogP contribution in [-0.4, -0.2) is 94.2 Å². The van der Waals surface area contributed by atoms with E-state index in [1.807, 2.05) is 30.5 Å². The number of aliphatic imine (C=N–C) groups is 1. The topological polar surface area (TPSA) is 251 Å². The van der Waals surface area contributed by atoms with Gasteiger partial charge in [0.2, 0.25) is 17.7 Å². The van der Waals surface area contributed by atoms with E-state index >= 15 is 0 Å². The van der Waals surface area contributed by atoms with E-state index in [0.717, 1.165) is 10.9 Å². The molecular weight excluding hydrogens is 540 g/mol. The number of nitrogens with one attached hydrogen (secondary N) is 4. The Balaban J connectivity index is 2.04. The lowest BCUT2D eigenvalue weighted by Crippen LogP contribution is -2.58. The number of aliphatic carboxylic acids is 1. The molecule has 0 aliphatic heterocycles. The fourth-order valence-electron chi connectivity index (χ4n) is 3.89. The number of H-pyrrole nitrogens is 1. The minimum absolute atomic E-state index is 0.0185. The molecule has 12 N–H and O–H groups in total. The first kappa shape index (κ1) is 32.4. The van der Waals surface area contributed by atoms with Crippen LogP contribution >= 0.6 is 11.8 Å². The zero-order valence-corrected chi connectivity index (χ0v) is 23.1. The van der Waals surface area contributed by atoms with Crippen LogP contribution in [0.4, 0.5) is 0 Å². The number of benzene rings is 1. The maximum absolute atomic E-state index is 13.1. The second-order valence-electron chi connectivity index (χ2n) is 9.10. The first-order valence-electron chi connectivity index (χ1n) is 12.7. The van der Waals surface area contributed by atoms with Gasteiger partial charge in [-0.2, -0.15) is 11.8 Å². The predicted octanol–water partition coefficient (Wildman–Crippen LogP) is -1.62. The maximum Gasteiger partial charge on any atom is 0.326 e. The zero-order chi connectivity index (χ0) is 29.7. The van der Waals surface area contributed by atoms with Gasteiger partial charge >= 0.3 is 5.97 Å². The summed E-state index contributed by atoms with van der Waals surface area (Å²) in [5.74, 6) is -3.02. The number of carbonyl (C=O) groups is 4. The Morgan fingerprint density at radius 3 is 2.30 bits per heavy atom. The number of para-hydroxylation sites is 1. The van der Waals surface area contributed by atoms with Gasteiger partial charge in [-0.3, -0.25) is 19.4 Å². The van der Waals surface area contributed by atoms with Crippen molar-refractivity contribution in [2.75, 3.05) is 25.2 Å². The molecule has 0 bridgehead atoms. The van der Waals surface area contributed by atoms with Crippen LogP contribution in [0.15, 0.2) is 35.5 Å². The molecule has 1 heterocycles. The van der Waals surface area contributed by atoms with Gasteiger partial charge in [0.1, 0.15) is 18.1 Å². The van der Waals surface area contributed by atoms with Gasteiger partial charge in [-0.15, -0.1) is 0 Å². The lowest BCUT2D eigenvalue weighted by Gasteiger charge is -2.24. The lowest BCUT2D eigenvalue weighted by molar-refractivity contribution is -0.142. The van der Waals surface area contributed by atoms with Gasteiger partial charge in [0.15, 0.2) is 5.96 Å². The van der Waals surface area contributed by atoms with Crippen LogP contribution in [0.1, 0.15) is 24.8 Å². The monoisotopic (exact) mass is 578 g/mol. The Kier molecular flexibility index (Phi) is 13.2. The summed E-state index contributed by atoms with van der Waals surface area (Å²) in [7, 11) is 0. The highest BCUT2D eigenvalue weighted by atomic mass is 32.2. The summed E-state index contributed by atoms with van der Waals surface area (Å²) in [6, 6.07) is 2.67. The summed E-state index contributed by atoms with van der Waals surface area (Å²) >= 11 is 1.43. The smallest absolute Gasteiger partial charge is 0.326 e. The van der Waals surface area contributed by atoms with Crippen molar-refractivity contribution in [3.63, 3.8) is 0 Å². The van der Waals surface area contributed by atoms with Crippen molar-refractivity contribution in [2.45, 2.75) is 49.9 Å². The van der Waals surface area contributed by atoms with Crippen LogP contribution in [0.3, 0.4) is 0 Å². The number of aliphatic hydroxyl groups excluding tert-OH is 1. The highest BCUT2D eigenvalue weighted by Crippen LogP contribution is 2.19. The normalized spacial score (nSPS) is 14.0. The van der Waals surface area contributed by atoms with Gasteiger partial charge in [0.25, 0.3) is 0 Å². The molecule has 2 aromatic rings. The van der Waals surface area contributed by atoms with Gasteiger partial charge in [0.05, 0.1) is 12.6 Å². The Bertz CT molecular complexity index is 1190. The molecule has 40 heavy (non-hydrogen) atoms.